The molecule has 146 valence electrons. The van der Waals surface area contributed by atoms with Gasteiger partial charge in [-0.1, -0.05) is 23.7 Å². The third kappa shape index (κ3) is 4.98. The summed E-state index contributed by atoms with van der Waals surface area (Å²) < 4.78 is 0. The van der Waals surface area contributed by atoms with Crippen molar-refractivity contribution in [3.63, 3.8) is 0 Å². The van der Waals surface area contributed by atoms with Crippen molar-refractivity contribution in [2.24, 2.45) is 0 Å². The fourth-order valence-electron chi connectivity index (χ4n) is 2.75. The number of nitriles is 4. The summed E-state index contributed by atoms with van der Waals surface area (Å²) in [7, 11) is 0. The van der Waals surface area contributed by atoms with Crippen molar-refractivity contribution in [2.75, 3.05) is 6.26 Å². The van der Waals surface area contributed by atoms with Crippen LogP contribution in [0.3, 0.4) is 0 Å². The lowest BCUT2D eigenvalue weighted by molar-refractivity contribution is 1.41. The first-order valence-electron chi connectivity index (χ1n) is 9.22. The van der Waals surface area contributed by atoms with Gasteiger partial charge in [0.25, 0.3) is 0 Å². The molecule has 0 aliphatic rings. The predicted molar refractivity (Wildman–Crippen MR) is 122 cm³/mol. The normalized spacial score (nSPS) is 8.91. The summed E-state index contributed by atoms with van der Waals surface area (Å²) in [6, 6.07) is 23.6. The van der Waals surface area contributed by atoms with Gasteiger partial charge in [-0.2, -0.15) is 21.0 Å². The van der Waals surface area contributed by atoms with Gasteiger partial charge in [0.05, 0.1) is 28.3 Å². The quantitative estimate of drug-likeness (QED) is 0.417. The van der Waals surface area contributed by atoms with E-state index < -0.39 is 0 Å². The van der Waals surface area contributed by atoms with E-state index in [0.29, 0.717) is 33.4 Å². The van der Waals surface area contributed by atoms with Crippen LogP contribution in [0, 0.1) is 69.0 Å². The minimum atomic E-state index is 0.272. The largest absolute Gasteiger partial charge is 0.192 e. The zero-order valence-electron chi connectivity index (χ0n) is 16.9. The molecule has 32 heavy (non-hydrogen) atoms. The second-order valence-corrected chi connectivity index (χ2v) is 7.26. The van der Waals surface area contributed by atoms with E-state index in [1.807, 2.05) is 42.7 Å². The second kappa shape index (κ2) is 10.2. The number of thioether (sulfide) groups is 1. The first-order valence-corrected chi connectivity index (χ1v) is 10.4. The highest BCUT2D eigenvalue weighted by Gasteiger charge is 2.08. The molecule has 0 aromatic heterocycles. The van der Waals surface area contributed by atoms with Gasteiger partial charge in [-0.25, -0.2) is 0 Å². The third-order valence-corrected chi connectivity index (χ3v) is 5.17. The van der Waals surface area contributed by atoms with E-state index in [-0.39, 0.29) is 5.56 Å². The van der Waals surface area contributed by atoms with Gasteiger partial charge in [-0.3, -0.25) is 0 Å². The number of hydrogen-bond acceptors (Lipinski definition) is 5. The van der Waals surface area contributed by atoms with E-state index in [9.17, 15) is 15.8 Å². The van der Waals surface area contributed by atoms with Crippen LogP contribution in [-0.4, -0.2) is 6.26 Å². The van der Waals surface area contributed by atoms with E-state index in [1.54, 1.807) is 23.9 Å². The first kappa shape index (κ1) is 21.8. The second-order valence-electron chi connectivity index (χ2n) is 6.38. The number of hydrogen-bond donors (Lipinski definition) is 0. The van der Waals surface area contributed by atoms with Crippen molar-refractivity contribution in [2.45, 2.75) is 4.90 Å². The summed E-state index contributed by atoms with van der Waals surface area (Å²) in [5.41, 5.74) is 3.24. The van der Waals surface area contributed by atoms with E-state index in [2.05, 4.69) is 35.8 Å². The Bertz CT molecular complexity index is 1500. The van der Waals surface area contributed by atoms with Gasteiger partial charge in [0.1, 0.15) is 18.2 Å². The van der Waals surface area contributed by atoms with Gasteiger partial charge >= 0.3 is 0 Å². The molecule has 0 unspecified atom stereocenters. The van der Waals surface area contributed by atoms with Gasteiger partial charge < -0.3 is 0 Å². The van der Waals surface area contributed by atoms with Crippen molar-refractivity contribution >= 4 is 11.8 Å². The highest BCUT2D eigenvalue weighted by Crippen LogP contribution is 2.17. The molecule has 0 amide bonds. The molecule has 0 aliphatic heterocycles. The standard InChI is InChI=1S/C27H12N4S/c1-32-27-10-4-19(5-11-27)2-6-22-13-26(18-31)23(14-25(22)17-30)9-8-21-12-20(15-28)3-7-24(21)16-29/h3-5,7,10-14H,1H3. The number of benzene rings is 3. The maximum atomic E-state index is 9.58. The van der Waals surface area contributed by atoms with Crippen LogP contribution in [0.5, 0.6) is 0 Å². The molecule has 0 N–H and O–H groups in total. The Hall–Kier alpha value is -4.91. The molecular formula is C27H12N4S. The SMILES string of the molecule is CSc1ccc(C#Cc2cc(C#N)c(C#Cc3cc(C#N)ccc3C#N)cc2C#N)cc1. The molecule has 3 aromatic rings. The molecule has 0 saturated heterocycles. The van der Waals surface area contributed by atoms with Crippen LogP contribution in [0.25, 0.3) is 0 Å². The fourth-order valence-corrected chi connectivity index (χ4v) is 3.16. The summed E-state index contributed by atoms with van der Waals surface area (Å²) in [5, 5.41) is 37.5. The molecule has 0 heterocycles. The Morgan fingerprint density at radius 3 is 1.50 bits per heavy atom. The average Bonchev–Trinajstić information content (AvgIpc) is 2.85. The summed E-state index contributed by atoms with van der Waals surface area (Å²) in [4.78, 5) is 1.13. The zero-order valence-corrected chi connectivity index (χ0v) is 17.7. The highest BCUT2D eigenvalue weighted by atomic mass is 32.2. The van der Waals surface area contributed by atoms with Crippen LogP contribution in [0.2, 0.25) is 0 Å². The zero-order chi connectivity index (χ0) is 22.9. The Morgan fingerprint density at radius 2 is 1.00 bits per heavy atom. The Labute approximate surface area is 191 Å². The molecule has 0 spiro atoms. The minimum Gasteiger partial charge on any atom is -0.192 e. The Balaban J connectivity index is 2.04. The smallest absolute Gasteiger partial charge is 0.100 e. The lowest BCUT2D eigenvalue weighted by Crippen LogP contribution is -1.92. The molecule has 0 aliphatic carbocycles. The summed E-state index contributed by atoms with van der Waals surface area (Å²) in [5.74, 6) is 11.7. The molecule has 0 saturated carbocycles. The lowest BCUT2D eigenvalue weighted by atomic mass is 9.98. The summed E-state index contributed by atoms with van der Waals surface area (Å²) in [6.45, 7) is 0. The van der Waals surface area contributed by atoms with Gasteiger partial charge in [-0.15, -0.1) is 11.8 Å². The molecule has 3 rings (SSSR count). The van der Waals surface area contributed by atoms with Crippen LogP contribution < -0.4 is 0 Å². The molecule has 4 nitrogen and oxygen atoms in total. The topological polar surface area (TPSA) is 95.2 Å². The predicted octanol–water partition coefficient (Wildman–Crippen LogP) is 4.69. The van der Waals surface area contributed by atoms with Crippen LogP contribution in [0.1, 0.15) is 44.5 Å². The van der Waals surface area contributed by atoms with Crippen LogP contribution in [0.4, 0.5) is 0 Å². The molecule has 5 heteroatoms. The Morgan fingerprint density at radius 1 is 0.500 bits per heavy atom. The van der Waals surface area contributed by atoms with Crippen molar-refractivity contribution in [1.82, 2.24) is 0 Å². The molecule has 0 atom stereocenters. The van der Waals surface area contributed by atoms with Gasteiger partial charge in [0.15, 0.2) is 0 Å². The third-order valence-electron chi connectivity index (χ3n) is 4.43. The fraction of sp³-hybridized carbons (Fsp3) is 0.0370. The molecule has 0 bridgehead atoms. The summed E-state index contributed by atoms with van der Waals surface area (Å²) in [6.07, 6.45) is 2.00. The van der Waals surface area contributed by atoms with Gasteiger partial charge in [-0.05, 0) is 60.9 Å². The van der Waals surface area contributed by atoms with Crippen molar-refractivity contribution in [1.29, 1.82) is 21.0 Å². The minimum absolute atomic E-state index is 0.272. The van der Waals surface area contributed by atoms with Crippen molar-refractivity contribution in [3.8, 4) is 48.0 Å². The maximum Gasteiger partial charge on any atom is 0.100 e. The number of nitrogens with zero attached hydrogens (tertiary/aromatic N) is 4. The van der Waals surface area contributed by atoms with E-state index in [1.165, 1.54) is 18.2 Å². The maximum absolute atomic E-state index is 9.58. The summed E-state index contributed by atoms with van der Waals surface area (Å²) >= 11 is 1.64. The average molecular weight is 424 g/mol. The van der Waals surface area contributed by atoms with E-state index >= 15 is 0 Å². The van der Waals surface area contributed by atoms with E-state index in [0.717, 1.165) is 10.5 Å². The van der Waals surface area contributed by atoms with Crippen molar-refractivity contribution in [3.05, 3.63) is 99.1 Å². The first-order chi connectivity index (χ1) is 15.6. The van der Waals surface area contributed by atoms with Gasteiger partial charge in [0.2, 0.25) is 0 Å². The van der Waals surface area contributed by atoms with Crippen LogP contribution in [0.15, 0.2) is 59.5 Å². The lowest BCUT2D eigenvalue weighted by Gasteiger charge is -2.01. The molecule has 3 aromatic carbocycles. The number of rotatable bonds is 1. The van der Waals surface area contributed by atoms with Gasteiger partial charge in [0, 0.05) is 27.1 Å². The molecule has 0 fully saturated rings. The highest BCUT2D eigenvalue weighted by molar-refractivity contribution is 7.98. The van der Waals surface area contributed by atoms with Crippen LogP contribution >= 0.6 is 11.8 Å². The van der Waals surface area contributed by atoms with Crippen LogP contribution in [-0.2, 0) is 0 Å². The van der Waals surface area contributed by atoms with E-state index in [4.69, 9.17) is 5.26 Å². The molecule has 0 radical (unpaired) electrons. The van der Waals surface area contributed by atoms with Crippen molar-refractivity contribution < 1.29 is 0 Å². The Kier molecular flexibility index (Phi) is 6.96. The monoisotopic (exact) mass is 424 g/mol. The molecular weight excluding hydrogens is 412 g/mol.